The lowest BCUT2D eigenvalue weighted by molar-refractivity contribution is 0.153. The number of nitrogens with zero attached hydrogens (tertiary/aromatic N) is 3. The summed E-state index contributed by atoms with van der Waals surface area (Å²) in [6, 6.07) is 7.71. The minimum atomic E-state index is -0.230. The molecule has 0 spiro atoms. The molecule has 1 aliphatic heterocycles. The van der Waals surface area contributed by atoms with Crippen molar-refractivity contribution >= 4 is 35.2 Å². The van der Waals surface area contributed by atoms with Crippen molar-refractivity contribution in [2.75, 3.05) is 26.0 Å². The molecule has 31 heavy (non-hydrogen) atoms. The lowest BCUT2D eigenvalue weighted by Gasteiger charge is -2.36. The number of fused-ring (bicyclic) bond motifs is 1. The first kappa shape index (κ1) is 22.8. The Bertz CT molecular complexity index is 1010. The number of rotatable bonds is 4. The number of aryl methyl sites for hydroxylation is 2. The van der Waals surface area contributed by atoms with Gasteiger partial charge in [0.05, 0.1) is 36.1 Å². The predicted molar refractivity (Wildman–Crippen MR) is 124 cm³/mol. The fourth-order valence-corrected chi connectivity index (χ4v) is 3.91. The Morgan fingerprint density at radius 2 is 2.03 bits per heavy atom. The maximum Gasteiger partial charge on any atom is 0.319 e. The topological polar surface area (TPSA) is 95.2 Å². The van der Waals surface area contributed by atoms with E-state index in [9.17, 15) is 4.79 Å². The number of carbonyl (C=O) groups excluding carboxylic acids is 1. The number of carbonyl (C=O) groups is 1. The fourth-order valence-electron chi connectivity index (χ4n) is 3.91. The van der Waals surface area contributed by atoms with E-state index in [1.807, 2.05) is 0 Å². The maximum atomic E-state index is 12.5. The van der Waals surface area contributed by atoms with Gasteiger partial charge in [-0.05, 0) is 63.1 Å². The molecular formula is C22H29ClN6O2. The standard InChI is InChI=1S/C22H28N6O2.ClH/c1-13-9-17-18(10-14(13)2)27-21(26-17)19-11-15(7-8-28(19)3)24-22(29)25-16-5-6-20(30-4)23-12-16;/h5-6,9-10,12,15,19H,7-8,11H2,1-4H3,(H,26,27)(H2,24,25,29);1H/t15-,19-;/m1./s1. The van der Waals surface area contributed by atoms with Crippen LogP contribution in [0.3, 0.4) is 0 Å². The molecule has 8 nitrogen and oxygen atoms in total. The van der Waals surface area contributed by atoms with Gasteiger partial charge < -0.3 is 20.4 Å². The van der Waals surface area contributed by atoms with Gasteiger partial charge in [0.1, 0.15) is 5.82 Å². The summed E-state index contributed by atoms with van der Waals surface area (Å²) in [4.78, 5) is 27.2. The lowest BCUT2D eigenvalue weighted by atomic mass is 9.97. The summed E-state index contributed by atoms with van der Waals surface area (Å²) in [5.74, 6) is 1.46. The van der Waals surface area contributed by atoms with E-state index >= 15 is 0 Å². The summed E-state index contributed by atoms with van der Waals surface area (Å²) in [5, 5.41) is 5.93. The smallest absolute Gasteiger partial charge is 0.319 e. The van der Waals surface area contributed by atoms with Gasteiger partial charge in [-0.15, -0.1) is 12.4 Å². The molecule has 3 heterocycles. The van der Waals surface area contributed by atoms with Gasteiger partial charge in [0.2, 0.25) is 5.88 Å². The maximum absolute atomic E-state index is 12.5. The van der Waals surface area contributed by atoms with Crippen LogP contribution in [0.5, 0.6) is 5.88 Å². The number of benzene rings is 1. The summed E-state index contributed by atoms with van der Waals surface area (Å²) >= 11 is 0. The van der Waals surface area contributed by atoms with E-state index in [0.29, 0.717) is 11.6 Å². The quantitative estimate of drug-likeness (QED) is 0.566. The number of H-pyrrole nitrogens is 1. The summed E-state index contributed by atoms with van der Waals surface area (Å²) < 4.78 is 5.04. The Kier molecular flexibility index (Phi) is 7.02. The highest BCUT2D eigenvalue weighted by Crippen LogP contribution is 2.30. The van der Waals surface area contributed by atoms with Crippen LogP contribution in [0, 0.1) is 13.8 Å². The van der Waals surface area contributed by atoms with E-state index in [2.05, 4.69) is 58.5 Å². The number of piperidine rings is 1. The molecule has 1 fully saturated rings. The van der Waals surface area contributed by atoms with Crippen LogP contribution in [0.1, 0.15) is 35.8 Å². The molecule has 9 heteroatoms. The van der Waals surface area contributed by atoms with E-state index in [-0.39, 0.29) is 30.5 Å². The van der Waals surface area contributed by atoms with E-state index in [1.54, 1.807) is 25.4 Å². The number of aromatic nitrogens is 3. The molecule has 1 saturated heterocycles. The molecule has 0 unspecified atom stereocenters. The normalized spacial score (nSPS) is 19.0. The highest BCUT2D eigenvalue weighted by molar-refractivity contribution is 5.89. The number of methoxy groups -OCH3 is 1. The molecule has 2 amide bonds. The highest BCUT2D eigenvalue weighted by Gasteiger charge is 2.30. The van der Waals surface area contributed by atoms with E-state index < -0.39 is 0 Å². The Morgan fingerprint density at radius 3 is 2.74 bits per heavy atom. The molecule has 0 saturated carbocycles. The van der Waals surface area contributed by atoms with Crippen LogP contribution in [0.15, 0.2) is 30.5 Å². The van der Waals surface area contributed by atoms with Gasteiger partial charge in [0.15, 0.2) is 0 Å². The van der Waals surface area contributed by atoms with Crippen molar-refractivity contribution < 1.29 is 9.53 Å². The predicted octanol–water partition coefficient (Wildman–Crippen LogP) is 3.96. The fraction of sp³-hybridized carbons (Fsp3) is 0.409. The van der Waals surface area contributed by atoms with Gasteiger partial charge >= 0.3 is 6.03 Å². The third kappa shape index (κ3) is 5.08. The Balaban J connectivity index is 0.00000272. The van der Waals surface area contributed by atoms with E-state index in [4.69, 9.17) is 9.72 Å². The van der Waals surface area contributed by atoms with Crippen molar-refractivity contribution in [1.29, 1.82) is 0 Å². The average Bonchev–Trinajstić information content (AvgIpc) is 3.12. The van der Waals surface area contributed by atoms with Gasteiger partial charge in [-0.1, -0.05) is 0 Å². The number of halogens is 1. The largest absolute Gasteiger partial charge is 0.481 e. The second-order valence-electron chi connectivity index (χ2n) is 7.98. The number of imidazole rings is 1. The SMILES string of the molecule is COc1ccc(NC(=O)N[C@@H]2CCN(C)[C@@H](c3nc4cc(C)c(C)cc4[nH]3)C2)cn1.Cl. The number of anilines is 1. The van der Waals surface area contributed by atoms with Gasteiger partial charge in [-0.3, -0.25) is 4.90 Å². The first-order valence-corrected chi connectivity index (χ1v) is 10.2. The van der Waals surface area contributed by atoms with Crippen LogP contribution in [-0.4, -0.2) is 52.6 Å². The monoisotopic (exact) mass is 444 g/mol. The molecule has 166 valence electrons. The number of hydrogen-bond donors (Lipinski definition) is 3. The molecule has 0 aliphatic carbocycles. The minimum Gasteiger partial charge on any atom is -0.481 e. The molecular weight excluding hydrogens is 416 g/mol. The number of urea groups is 1. The summed E-state index contributed by atoms with van der Waals surface area (Å²) in [6.45, 7) is 5.10. The molecule has 3 N–H and O–H groups in total. The molecule has 3 aromatic rings. The molecule has 2 atom stereocenters. The summed E-state index contributed by atoms with van der Waals surface area (Å²) in [7, 11) is 3.66. The summed E-state index contributed by atoms with van der Waals surface area (Å²) in [6.07, 6.45) is 3.26. The van der Waals surface area contributed by atoms with Gasteiger partial charge in [0.25, 0.3) is 0 Å². The zero-order valence-electron chi connectivity index (χ0n) is 18.2. The van der Waals surface area contributed by atoms with Crippen molar-refractivity contribution in [3.05, 3.63) is 47.4 Å². The lowest BCUT2D eigenvalue weighted by Crippen LogP contribution is -2.46. The second-order valence-corrected chi connectivity index (χ2v) is 7.98. The van der Waals surface area contributed by atoms with Crippen LogP contribution >= 0.6 is 12.4 Å². The average molecular weight is 445 g/mol. The number of nitrogens with one attached hydrogen (secondary N) is 3. The van der Waals surface area contributed by atoms with Gasteiger partial charge in [0, 0.05) is 18.7 Å². The summed E-state index contributed by atoms with van der Waals surface area (Å²) in [5.41, 5.74) is 5.16. The zero-order chi connectivity index (χ0) is 21.3. The highest BCUT2D eigenvalue weighted by atomic mass is 35.5. The molecule has 0 bridgehead atoms. The third-order valence-corrected chi connectivity index (χ3v) is 5.84. The Morgan fingerprint density at radius 1 is 1.26 bits per heavy atom. The minimum absolute atomic E-state index is 0. The van der Waals surface area contributed by atoms with E-state index in [1.165, 1.54) is 11.1 Å². The van der Waals surface area contributed by atoms with Crippen molar-refractivity contribution in [2.24, 2.45) is 0 Å². The molecule has 1 aromatic carbocycles. The first-order valence-electron chi connectivity index (χ1n) is 10.2. The van der Waals surface area contributed by atoms with Crippen LogP contribution in [0.4, 0.5) is 10.5 Å². The Labute approximate surface area is 188 Å². The molecule has 0 radical (unpaired) electrons. The second kappa shape index (κ2) is 9.53. The third-order valence-electron chi connectivity index (χ3n) is 5.84. The van der Waals surface area contributed by atoms with Gasteiger partial charge in [-0.25, -0.2) is 14.8 Å². The van der Waals surface area contributed by atoms with Crippen LogP contribution in [0.2, 0.25) is 0 Å². The number of likely N-dealkylation sites (tertiary alicyclic amines) is 1. The van der Waals surface area contributed by atoms with Gasteiger partial charge in [-0.2, -0.15) is 0 Å². The number of hydrogen-bond acceptors (Lipinski definition) is 5. The molecule has 1 aliphatic rings. The molecule has 4 rings (SSSR count). The number of pyridine rings is 1. The number of ether oxygens (including phenoxy) is 1. The van der Waals surface area contributed by atoms with Crippen molar-refractivity contribution in [2.45, 2.75) is 38.8 Å². The Hall–Kier alpha value is -2.84. The molecule has 2 aromatic heterocycles. The van der Waals surface area contributed by atoms with E-state index in [0.717, 1.165) is 36.2 Å². The van der Waals surface area contributed by atoms with Crippen LogP contribution in [-0.2, 0) is 0 Å². The number of aromatic amines is 1. The van der Waals surface area contributed by atoms with Crippen molar-refractivity contribution in [3.63, 3.8) is 0 Å². The first-order chi connectivity index (χ1) is 14.4. The zero-order valence-corrected chi connectivity index (χ0v) is 19.0. The number of amides is 2. The van der Waals surface area contributed by atoms with Crippen LogP contribution in [0.25, 0.3) is 11.0 Å². The van der Waals surface area contributed by atoms with Crippen molar-refractivity contribution in [3.8, 4) is 5.88 Å². The van der Waals surface area contributed by atoms with Crippen LogP contribution < -0.4 is 15.4 Å². The van der Waals surface area contributed by atoms with Crippen molar-refractivity contribution in [1.82, 2.24) is 25.2 Å².